The number of hydrogen-bond donors (Lipinski definition) is 2. The third kappa shape index (κ3) is 3.70. The first-order valence-corrected chi connectivity index (χ1v) is 4.09. The summed E-state index contributed by atoms with van der Waals surface area (Å²) in [5.41, 5.74) is 5.68. The van der Waals surface area contributed by atoms with Crippen LogP contribution in [0.2, 0.25) is 0 Å². The zero-order valence-corrected chi connectivity index (χ0v) is 7.58. The average molecular weight is 161 g/mol. The van der Waals surface area contributed by atoms with Crippen LogP contribution >= 0.6 is 0 Å². The summed E-state index contributed by atoms with van der Waals surface area (Å²) < 4.78 is 4.99. The second-order valence-corrected chi connectivity index (χ2v) is 2.87. The molecule has 3 atom stereocenters. The molecule has 3 N–H and O–H groups in total. The summed E-state index contributed by atoms with van der Waals surface area (Å²) in [5, 5.41) is 9.41. The Morgan fingerprint density at radius 3 is 2.45 bits per heavy atom. The molecule has 0 saturated carbocycles. The van der Waals surface area contributed by atoms with Crippen molar-refractivity contribution in [1.29, 1.82) is 0 Å². The van der Waals surface area contributed by atoms with Gasteiger partial charge in [0.2, 0.25) is 0 Å². The molecule has 0 bridgehead atoms. The molecule has 0 radical (unpaired) electrons. The lowest BCUT2D eigenvalue weighted by molar-refractivity contribution is 0.0312. The van der Waals surface area contributed by atoms with Gasteiger partial charge in [0, 0.05) is 7.11 Å². The number of aliphatic hydroxyl groups excluding tert-OH is 1. The fourth-order valence-corrected chi connectivity index (χ4v) is 0.958. The Morgan fingerprint density at radius 1 is 1.55 bits per heavy atom. The lowest BCUT2D eigenvalue weighted by Gasteiger charge is -2.23. The van der Waals surface area contributed by atoms with Crippen molar-refractivity contribution >= 4 is 0 Å². The van der Waals surface area contributed by atoms with Crippen LogP contribution in [0.1, 0.15) is 26.7 Å². The van der Waals surface area contributed by atoms with Crippen molar-refractivity contribution in [2.75, 3.05) is 7.11 Å². The molecule has 0 aliphatic rings. The van der Waals surface area contributed by atoms with Gasteiger partial charge in [-0.3, -0.25) is 0 Å². The second kappa shape index (κ2) is 5.52. The van der Waals surface area contributed by atoms with E-state index in [9.17, 15) is 5.11 Å². The Hall–Kier alpha value is -0.120. The maximum atomic E-state index is 9.41. The van der Waals surface area contributed by atoms with Gasteiger partial charge in [0.15, 0.2) is 0 Å². The van der Waals surface area contributed by atoms with Crippen LogP contribution in [0.15, 0.2) is 0 Å². The molecule has 0 fully saturated rings. The van der Waals surface area contributed by atoms with Crippen molar-refractivity contribution < 1.29 is 9.84 Å². The highest BCUT2D eigenvalue weighted by molar-refractivity contribution is 4.76. The Bertz CT molecular complexity index is 98.1. The summed E-state index contributed by atoms with van der Waals surface area (Å²) in [5.74, 6) is 0. The van der Waals surface area contributed by atoms with Gasteiger partial charge in [-0.15, -0.1) is 0 Å². The number of nitrogens with two attached hydrogens (primary N) is 1. The van der Waals surface area contributed by atoms with Gasteiger partial charge < -0.3 is 15.6 Å². The molecule has 0 rings (SSSR count). The van der Waals surface area contributed by atoms with E-state index in [0.29, 0.717) is 0 Å². The molecular weight excluding hydrogens is 142 g/mol. The summed E-state index contributed by atoms with van der Waals surface area (Å²) in [6, 6.07) is -0.264. The lowest BCUT2D eigenvalue weighted by Crippen LogP contribution is -2.44. The Balaban J connectivity index is 3.70. The van der Waals surface area contributed by atoms with E-state index in [0.717, 1.165) is 12.8 Å². The Morgan fingerprint density at radius 2 is 2.09 bits per heavy atom. The number of ether oxygens (including phenoxy) is 1. The smallest absolute Gasteiger partial charge is 0.0719 e. The van der Waals surface area contributed by atoms with Crippen molar-refractivity contribution in [3.8, 4) is 0 Å². The van der Waals surface area contributed by atoms with Crippen molar-refractivity contribution in [1.82, 2.24) is 0 Å². The SMILES string of the molecule is CCCC(O)C(N)C(C)OC. The summed E-state index contributed by atoms with van der Waals surface area (Å²) in [4.78, 5) is 0. The monoisotopic (exact) mass is 161 g/mol. The van der Waals surface area contributed by atoms with E-state index in [-0.39, 0.29) is 12.1 Å². The number of aliphatic hydroxyl groups is 1. The highest BCUT2D eigenvalue weighted by Crippen LogP contribution is 2.05. The van der Waals surface area contributed by atoms with Crippen LogP contribution in [0.25, 0.3) is 0 Å². The maximum Gasteiger partial charge on any atom is 0.0719 e. The molecule has 68 valence electrons. The normalized spacial score (nSPS) is 19.4. The molecule has 0 aromatic carbocycles. The number of hydrogen-bond acceptors (Lipinski definition) is 3. The zero-order chi connectivity index (χ0) is 8.85. The Kier molecular flexibility index (Phi) is 5.46. The van der Waals surface area contributed by atoms with Crippen molar-refractivity contribution in [2.24, 2.45) is 5.73 Å². The van der Waals surface area contributed by atoms with E-state index in [1.807, 2.05) is 13.8 Å². The van der Waals surface area contributed by atoms with Gasteiger partial charge in [0.25, 0.3) is 0 Å². The molecule has 0 amide bonds. The van der Waals surface area contributed by atoms with Crippen LogP contribution in [0, 0.1) is 0 Å². The van der Waals surface area contributed by atoms with Crippen LogP contribution in [0.3, 0.4) is 0 Å². The van der Waals surface area contributed by atoms with E-state index < -0.39 is 6.10 Å². The highest BCUT2D eigenvalue weighted by atomic mass is 16.5. The second-order valence-electron chi connectivity index (χ2n) is 2.87. The predicted molar refractivity (Wildman–Crippen MR) is 45.4 cm³/mol. The summed E-state index contributed by atoms with van der Waals surface area (Å²) in [6.45, 7) is 3.89. The van der Waals surface area contributed by atoms with E-state index in [1.165, 1.54) is 0 Å². The molecule has 0 heterocycles. The fourth-order valence-electron chi connectivity index (χ4n) is 0.958. The minimum absolute atomic E-state index is 0.0726. The van der Waals surface area contributed by atoms with E-state index >= 15 is 0 Å². The van der Waals surface area contributed by atoms with Gasteiger partial charge in [0.1, 0.15) is 0 Å². The molecular formula is C8H19NO2. The van der Waals surface area contributed by atoms with Gasteiger partial charge in [0.05, 0.1) is 18.2 Å². The van der Waals surface area contributed by atoms with Crippen LogP contribution in [-0.4, -0.2) is 30.5 Å². The van der Waals surface area contributed by atoms with Crippen molar-refractivity contribution in [3.63, 3.8) is 0 Å². The molecule has 0 aromatic rings. The van der Waals surface area contributed by atoms with Crippen LogP contribution in [0.4, 0.5) is 0 Å². The van der Waals surface area contributed by atoms with Gasteiger partial charge in [-0.25, -0.2) is 0 Å². The molecule has 11 heavy (non-hydrogen) atoms. The van der Waals surface area contributed by atoms with Crippen LogP contribution in [0.5, 0.6) is 0 Å². The average Bonchev–Trinajstić information content (AvgIpc) is 2.02. The number of rotatable bonds is 5. The summed E-state index contributed by atoms with van der Waals surface area (Å²) in [7, 11) is 1.60. The van der Waals surface area contributed by atoms with Crippen molar-refractivity contribution in [2.45, 2.75) is 44.9 Å². The minimum atomic E-state index is -0.435. The largest absolute Gasteiger partial charge is 0.391 e. The predicted octanol–water partition coefficient (Wildman–Crippen LogP) is 0.510. The van der Waals surface area contributed by atoms with E-state index in [2.05, 4.69) is 0 Å². The third-order valence-corrected chi connectivity index (χ3v) is 1.94. The molecule has 0 saturated heterocycles. The van der Waals surface area contributed by atoms with Gasteiger partial charge in [-0.1, -0.05) is 13.3 Å². The molecule has 0 aliphatic carbocycles. The summed E-state index contributed by atoms with van der Waals surface area (Å²) in [6.07, 6.45) is 1.19. The first-order valence-electron chi connectivity index (χ1n) is 4.09. The third-order valence-electron chi connectivity index (χ3n) is 1.94. The number of methoxy groups -OCH3 is 1. The van der Waals surface area contributed by atoms with Crippen LogP contribution in [-0.2, 0) is 4.74 Å². The fraction of sp³-hybridized carbons (Fsp3) is 1.00. The quantitative estimate of drug-likeness (QED) is 0.617. The van der Waals surface area contributed by atoms with E-state index in [4.69, 9.17) is 10.5 Å². The molecule has 0 spiro atoms. The maximum absolute atomic E-state index is 9.41. The first kappa shape index (κ1) is 10.9. The standard InChI is InChI=1S/C8H19NO2/c1-4-5-7(10)8(9)6(2)11-3/h6-8,10H,4-5,9H2,1-3H3. The molecule has 3 heteroatoms. The van der Waals surface area contributed by atoms with E-state index in [1.54, 1.807) is 7.11 Å². The topological polar surface area (TPSA) is 55.5 Å². The van der Waals surface area contributed by atoms with Crippen LogP contribution < -0.4 is 5.73 Å². The lowest BCUT2D eigenvalue weighted by atomic mass is 10.0. The highest BCUT2D eigenvalue weighted by Gasteiger charge is 2.19. The molecule has 0 aromatic heterocycles. The minimum Gasteiger partial charge on any atom is -0.391 e. The molecule has 0 aliphatic heterocycles. The summed E-state index contributed by atoms with van der Waals surface area (Å²) >= 11 is 0. The Labute approximate surface area is 68.5 Å². The zero-order valence-electron chi connectivity index (χ0n) is 7.58. The van der Waals surface area contributed by atoms with Crippen molar-refractivity contribution in [3.05, 3.63) is 0 Å². The molecule has 3 nitrogen and oxygen atoms in total. The van der Waals surface area contributed by atoms with Gasteiger partial charge >= 0.3 is 0 Å². The van der Waals surface area contributed by atoms with Gasteiger partial charge in [-0.05, 0) is 13.3 Å². The first-order chi connectivity index (χ1) is 5.13. The molecule has 3 unspecified atom stereocenters. The van der Waals surface area contributed by atoms with Gasteiger partial charge in [-0.2, -0.15) is 0 Å².